The molecule has 1 saturated heterocycles. The van der Waals surface area contributed by atoms with Gasteiger partial charge in [0.15, 0.2) is 15.8 Å². The normalized spacial score (nSPS) is 24.5. The third kappa shape index (κ3) is 4.04. The quantitative estimate of drug-likeness (QED) is 0.747. The highest BCUT2D eigenvalue weighted by molar-refractivity contribution is 7.91. The predicted molar refractivity (Wildman–Crippen MR) is 50.0 cm³/mol. The summed E-state index contributed by atoms with van der Waals surface area (Å²) >= 11 is 0. The molecule has 0 radical (unpaired) electrons. The molecule has 5 heteroatoms. The number of hydrogen-bond donors (Lipinski definition) is 1. The van der Waals surface area contributed by atoms with Crippen molar-refractivity contribution >= 4 is 9.84 Å². The third-order valence-corrected chi connectivity index (χ3v) is 3.55. The van der Waals surface area contributed by atoms with Crippen LogP contribution >= 0.6 is 0 Å². The maximum atomic E-state index is 11.9. The number of sulfone groups is 1. The van der Waals surface area contributed by atoms with Crippen LogP contribution in [0, 0.1) is 0 Å². The minimum absolute atomic E-state index is 0.0266. The summed E-state index contributed by atoms with van der Waals surface area (Å²) < 4.78 is 33.6. The van der Waals surface area contributed by atoms with Crippen molar-refractivity contribution in [2.24, 2.45) is 0 Å². The molecule has 13 heavy (non-hydrogen) atoms. The van der Waals surface area contributed by atoms with Crippen molar-refractivity contribution in [3.8, 4) is 0 Å². The van der Waals surface area contributed by atoms with Crippen LogP contribution in [0.2, 0.25) is 0 Å². The Morgan fingerprint density at radius 1 is 1.38 bits per heavy atom. The van der Waals surface area contributed by atoms with E-state index in [1.165, 1.54) is 0 Å². The molecule has 0 aromatic heterocycles. The van der Waals surface area contributed by atoms with Crippen LogP contribution in [0.1, 0.15) is 25.7 Å². The first-order valence-electron chi connectivity index (χ1n) is 4.64. The number of alkyl halides is 1. The molecule has 1 fully saturated rings. The van der Waals surface area contributed by atoms with E-state index >= 15 is 0 Å². The standard InChI is InChI=1S/C8H16FNO2S/c9-7-13(11,12)6-4-8-3-1-2-5-10-8/h8,10H,1-7H2. The second-order valence-electron chi connectivity index (χ2n) is 3.49. The lowest BCUT2D eigenvalue weighted by Crippen LogP contribution is -2.35. The summed E-state index contributed by atoms with van der Waals surface area (Å²) in [5.74, 6) is -0.0266. The Bertz CT molecular complexity index is 235. The summed E-state index contributed by atoms with van der Waals surface area (Å²) in [6.45, 7) is 0.959. The Morgan fingerprint density at radius 2 is 2.15 bits per heavy atom. The number of piperidine rings is 1. The van der Waals surface area contributed by atoms with E-state index in [4.69, 9.17) is 0 Å². The average molecular weight is 209 g/mol. The van der Waals surface area contributed by atoms with Crippen LogP contribution in [0.3, 0.4) is 0 Å². The Balaban J connectivity index is 2.25. The van der Waals surface area contributed by atoms with Crippen molar-refractivity contribution in [1.82, 2.24) is 5.32 Å². The fourth-order valence-electron chi connectivity index (χ4n) is 1.55. The largest absolute Gasteiger partial charge is 0.314 e. The summed E-state index contributed by atoms with van der Waals surface area (Å²) in [5.41, 5.74) is 0. The van der Waals surface area contributed by atoms with Crippen LogP contribution in [0.5, 0.6) is 0 Å². The van der Waals surface area contributed by atoms with E-state index in [1.54, 1.807) is 0 Å². The molecular weight excluding hydrogens is 193 g/mol. The second kappa shape index (κ2) is 4.91. The first-order valence-corrected chi connectivity index (χ1v) is 6.46. The van der Waals surface area contributed by atoms with Gasteiger partial charge in [0, 0.05) is 6.04 Å². The van der Waals surface area contributed by atoms with Crippen LogP contribution in [0.25, 0.3) is 0 Å². The number of halogens is 1. The molecule has 1 unspecified atom stereocenters. The fourth-order valence-corrected chi connectivity index (χ4v) is 2.30. The van der Waals surface area contributed by atoms with Gasteiger partial charge in [-0.15, -0.1) is 0 Å². The first kappa shape index (κ1) is 10.9. The molecule has 1 rings (SSSR count). The molecular formula is C8H16FNO2S. The minimum Gasteiger partial charge on any atom is -0.314 e. The van der Waals surface area contributed by atoms with Gasteiger partial charge in [0.2, 0.25) is 0 Å². The van der Waals surface area contributed by atoms with Crippen molar-refractivity contribution in [1.29, 1.82) is 0 Å². The van der Waals surface area contributed by atoms with Crippen molar-refractivity contribution < 1.29 is 12.8 Å². The number of hydrogen-bond acceptors (Lipinski definition) is 3. The molecule has 0 saturated carbocycles. The van der Waals surface area contributed by atoms with Gasteiger partial charge in [0.05, 0.1) is 5.75 Å². The zero-order valence-corrected chi connectivity index (χ0v) is 8.45. The average Bonchev–Trinajstić information content (AvgIpc) is 2.17. The van der Waals surface area contributed by atoms with E-state index in [1.807, 2.05) is 0 Å². The molecule has 3 nitrogen and oxygen atoms in total. The molecule has 1 N–H and O–H groups in total. The smallest absolute Gasteiger partial charge is 0.190 e. The maximum Gasteiger partial charge on any atom is 0.190 e. The highest BCUT2D eigenvalue weighted by Crippen LogP contribution is 2.11. The highest BCUT2D eigenvalue weighted by atomic mass is 32.2. The lowest BCUT2D eigenvalue weighted by Gasteiger charge is -2.22. The Hall–Kier alpha value is -0.160. The van der Waals surface area contributed by atoms with Crippen LogP contribution in [0.4, 0.5) is 4.39 Å². The SMILES string of the molecule is O=S(=O)(CF)CCC1CCCCN1. The van der Waals surface area contributed by atoms with E-state index in [0.29, 0.717) is 6.42 Å². The van der Waals surface area contributed by atoms with E-state index in [9.17, 15) is 12.8 Å². The van der Waals surface area contributed by atoms with Gasteiger partial charge in [0.25, 0.3) is 0 Å². The van der Waals surface area contributed by atoms with Crippen LogP contribution in [-0.2, 0) is 9.84 Å². The topological polar surface area (TPSA) is 46.2 Å². The van der Waals surface area contributed by atoms with Gasteiger partial charge in [-0.05, 0) is 25.8 Å². The number of rotatable bonds is 4. The summed E-state index contributed by atoms with van der Waals surface area (Å²) in [6.07, 6.45) is 3.87. The zero-order chi connectivity index (χ0) is 9.73. The highest BCUT2D eigenvalue weighted by Gasteiger charge is 2.16. The molecule has 0 amide bonds. The molecule has 78 valence electrons. The van der Waals surface area contributed by atoms with Crippen molar-refractivity contribution in [2.75, 3.05) is 18.3 Å². The molecule has 1 heterocycles. The van der Waals surface area contributed by atoms with E-state index in [2.05, 4.69) is 5.32 Å². The summed E-state index contributed by atoms with van der Waals surface area (Å²) in [7, 11) is -3.43. The minimum atomic E-state index is -3.43. The zero-order valence-electron chi connectivity index (χ0n) is 7.63. The van der Waals surface area contributed by atoms with Gasteiger partial charge in [-0.3, -0.25) is 0 Å². The van der Waals surface area contributed by atoms with Gasteiger partial charge in [-0.25, -0.2) is 12.8 Å². The first-order chi connectivity index (χ1) is 6.14. The molecule has 0 aromatic rings. The van der Waals surface area contributed by atoms with Gasteiger partial charge < -0.3 is 5.32 Å². The van der Waals surface area contributed by atoms with Gasteiger partial charge in [-0.1, -0.05) is 6.42 Å². The molecule has 0 spiro atoms. The molecule has 1 atom stereocenters. The lowest BCUT2D eigenvalue weighted by molar-refractivity contribution is 0.392. The summed E-state index contributed by atoms with van der Waals surface area (Å²) in [5, 5.41) is 3.23. The predicted octanol–water partition coefficient (Wildman–Crippen LogP) is 0.860. The summed E-state index contributed by atoms with van der Waals surface area (Å²) in [6, 6.07) is -0.949. The monoisotopic (exact) mass is 209 g/mol. The van der Waals surface area contributed by atoms with Crippen LogP contribution in [0.15, 0.2) is 0 Å². The fraction of sp³-hybridized carbons (Fsp3) is 1.00. The third-order valence-electron chi connectivity index (χ3n) is 2.36. The van der Waals surface area contributed by atoms with Gasteiger partial charge in [0.1, 0.15) is 0 Å². The van der Waals surface area contributed by atoms with Gasteiger partial charge in [-0.2, -0.15) is 0 Å². The second-order valence-corrected chi connectivity index (χ2v) is 5.61. The Kier molecular flexibility index (Phi) is 4.12. The number of nitrogens with one attached hydrogen (secondary N) is 1. The molecule has 1 aliphatic heterocycles. The Morgan fingerprint density at radius 3 is 2.69 bits per heavy atom. The van der Waals surface area contributed by atoms with Gasteiger partial charge >= 0.3 is 0 Å². The maximum absolute atomic E-state index is 11.9. The van der Waals surface area contributed by atoms with Crippen LogP contribution in [-0.4, -0.2) is 32.8 Å². The van der Waals surface area contributed by atoms with Crippen molar-refractivity contribution in [3.63, 3.8) is 0 Å². The molecule has 0 aromatic carbocycles. The molecule has 0 aliphatic carbocycles. The molecule has 1 aliphatic rings. The van der Waals surface area contributed by atoms with E-state index < -0.39 is 15.8 Å². The lowest BCUT2D eigenvalue weighted by atomic mass is 10.0. The van der Waals surface area contributed by atoms with E-state index in [-0.39, 0.29) is 11.8 Å². The van der Waals surface area contributed by atoms with Crippen molar-refractivity contribution in [2.45, 2.75) is 31.7 Å². The Labute approximate surface area is 78.6 Å². The van der Waals surface area contributed by atoms with E-state index in [0.717, 1.165) is 25.8 Å². The van der Waals surface area contributed by atoms with Crippen LogP contribution < -0.4 is 5.32 Å². The van der Waals surface area contributed by atoms with Crippen molar-refractivity contribution in [3.05, 3.63) is 0 Å². The molecule has 0 bridgehead atoms. The summed E-state index contributed by atoms with van der Waals surface area (Å²) in [4.78, 5) is 0.